The molecule has 0 bridgehead atoms. The molecule has 3 atom stereocenters. The van der Waals surface area contributed by atoms with Crippen LogP contribution >= 0.6 is 0 Å². The van der Waals surface area contributed by atoms with Crippen LogP contribution in [0.4, 0.5) is 5.69 Å². The first-order chi connectivity index (χ1) is 18.7. The molecule has 0 unspecified atom stereocenters. The zero-order valence-corrected chi connectivity index (χ0v) is 23.5. The van der Waals surface area contributed by atoms with Crippen molar-refractivity contribution in [3.05, 3.63) is 90.0 Å². The molecule has 39 heavy (non-hydrogen) atoms. The monoisotopic (exact) mass is 551 g/mol. The number of fused-ring (bicyclic) bond motifs is 1. The first-order valence-electron chi connectivity index (χ1n) is 13.2. The van der Waals surface area contributed by atoms with E-state index in [0.29, 0.717) is 30.1 Å². The fraction of sp³-hybridized carbons (Fsp3) is 0.367. The normalized spacial score (nSPS) is 18.9. The molecule has 0 spiro atoms. The third-order valence-corrected chi connectivity index (χ3v) is 8.41. The van der Waals surface area contributed by atoms with Gasteiger partial charge in [0.25, 0.3) is 10.0 Å². The molecular weight excluding hydrogens is 514 g/mol. The smallest absolute Gasteiger partial charge is 0.261 e. The standard InChI is InChI=1S/C30H37N3O5S/c1-22-18-33(23(2)21-34)30(35)17-25-16-26(31-39(36,37)27-12-8-5-9-13-27)14-15-28(25)38-29(22)20-32(3)19-24-10-6-4-7-11-24/h4-16,22-23,29,31,34H,17-21H2,1-3H3/t22-,23-,29+/m0/s1. The van der Waals surface area contributed by atoms with Crippen molar-refractivity contribution in [3.63, 3.8) is 0 Å². The lowest BCUT2D eigenvalue weighted by molar-refractivity contribution is -0.134. The van der Waals surface area contributed by atoms with Gasteiger partial charge in [-0.15, -0.1) is 0 Å². The van der Waals surface area contributed by atoms with Gasteiger partial charge in [-0.1, -0.05) is 55.5 Å². The Hall–Kier alpha value is -3.40. The summed E-state index contributed by atoms with van der Waals surface area (Å²) in [6, 6.07) is 23.0. The van der Waals surface area contributed by atoms with Gasteiger partial charge >= 0.3 is 0 Å². The van der Waals surface area contributed by atoms with Gasteiger partial charge in [0, 0.05) is 36.8 Å². The van der Waals surface area contributed by atoms with Crippen molar-refractivity contribution in [1.29, 1.82) is 0 Å². The molecule has 208 valence electrons. The quantitative estimate of drug-likeness (QED) is 0.420. The van der Waals surface area contributed by atoms with Gasteiger partial charge in [-0.25, -0.2) is 8.42 Å². The summed E-state index contributed by atoms with van der Waals surface area (Å²) in [5.74, 6) is 0.382. The Kier molecular flexibility index (Phi) is 9.27. The molecule has 8 nitrogen and oxygen atoms in total. The predicted octanol–water partition coefficient (Wildman–Crippen LogP) is 3.77. The van der Waals surface area contributed by atoms with Gasteiger partial charge in [-0.05, 0) is 49.9 Å². The molecular formula is C30H37N3O5S. The molecule has 0 fully saturated rings. The maximum atomic E-state index is 13.4. The van der Waals surface area contributed by atoms with Crippen LogP contribution in [0.5, 0.6) is 5.75 Å². The van der Waals surface area contributed by atoms with Crippen LogP contribution in [-0.2, 0) is 27.8 Å². The lowest BCUT2D eigenvalue weighted by Crippen LogP contribution is -2.47. The summed E-state index contributed by atoms with van der Waals surface area (Å²) >= 11 is 0. The maximum absolute atomic E-state index is 13.4. The fourth-order valence-corrected chi connectivity index (χ4v) is 5.86. The molecule has 3 aromatic rings. The molecule has 4 rings (SSSR count). The van der Waals surface area contributed by atoms with Gasteiger partial charge in [-0.3, -0.25) is 14.4 Å². The van der Waals surface area contributed by atoms with E-state index in [2.05, 4.69) is 28.7 Å². The zero-order valence-electron chi connectivity index (χ0n) is 22.7. The van der Waals surface area contributed by atoms with Crippen molar-refractivity contribution in [1.82, 2.24) is 9.80 Å². The Morgan fingerprint density at radius 1 is 1.08 bits per heavy atom. The SMILES string of the molecule is C[C@H]1CN([C@@H](C)CO)C(=O)Cc2cc(NS(=O)(=O)c3ccccc3)ccc2O[C@@H]1CN(C)Cc1ccccc1. The molecule has 1 amide bonds. The second kappa shape index (κ2) is 12.6. The number of sulfonamides is 1. The average Bonchev–Trinajstić information content (AvgIpc) is 2.96. The van der Waals surface area contributed by atoms with Gasteiger partial charge in [0.05, 0.1) is 24.0 Å². The van der Waals surface area contributed by atoms with Crippen LogP contribution in [0.15, 0.2) is 83.8 Å². The van der Waals surface area contributed by atoms with Crippen molar-refractivity contribution in [2.75, 3.05) is 31.5 Å². The topological polar surface area (TPSA) is 99.2 Å². The van der Waals surface area contributed by atoms with E-state index in [4.69, 9.17) is 4.74 Å². The minimum atomic E-state index is -3.80. The molecule has 0 aliphatic carbocycles. The van der Waals surface area contributed by atoms with Crippen LogP contribution in [0.2, 0.25) is 0 Å². The van der Waals surface area contributed by atoms with Crippen molar-refractivity contribution < 1.29 is 23.1 Å². The van der Waals surface area contributed by atoms with Crippen LogP contribution in [0.1, 0.15) is 25.0 Å². The summed E-state index contributed by atoms with van der Waals surface area (Å²) in [5, 5.41) is 9.86. The Labute approximate surface area is 231 Å². The fourth-order valence-electron chi connectivity index (χ4n) is 4.79. The number of anilines is 1. The number of nitrogens with one attached hydrogen (secondary N) is 1. The van der Waals surface area contributed by atoms with Gasteiger partial charge < -0.3 is 14.7 Å². The lowest BCUT2D eigenvalue weighted by atomic mass is 10.0. The van der Waals surface area contributed by atoms with E-state index in [9.17, 15) is 18.3 Å². The van der Waals surface area contributed by atoms with Crippen LogP contribution in [0.3, 0.4) is 0 Å². The highest BCUT2D eigenvalue weighted by molar-refractivity contribution is 7.92. The molecule has 0 saturated heterocycles. The maximum Gasteiger partial charge on any atom is 0.261 e. The predicted molar refractivity (Wildman–Crippen MR) is 152 cm³/mol. The first kappa shape index (κ1) is 28.6. The number of hydrogen-bond donors (Lipinski definition) is 2. The van der Waals surface area contributed by atoms with Crippen LogP contribution in [0, 0.1) is 5.92 Å². The molecule has 9 heteroatoms. The number of aliphatic hydroxyl groups excluding tert-OH is 1. The number of likely N-dealkylation sites (N-methyl/N-ethyl adjacent to an activating group) is 1. The second-order valence-electron chi connectivity index (χ2n) is 10.3. The summed E-state index contributed by atoms with van der Waals surface area (Å²) in [5.41, 5.74) is 2.13. The number of ether oxygens (including phenoxy) is 1. The van der Waals surface area contributed by atoms with Crippen molar-refractivity contribution in [2.24, 2.45) is 5.92 Å². The van der Waals surface area contributed by atoms with E-state index < -0.39 is 10.0 Å². The van der Waals surface area contributed by atoms with Gasteiger partial charge in [0.2, 0.25) is 5.91 Å². The highest BCUT2D eigenvalue weighted by Crippen LogP contribution is 2.30. The molecule has 0 radical (unpaired) electrons. The Morgan fingerprint density at radius 3 is 2.41 bits per heavy atom. The Bertz CT molecular complexity index is 1350. The number of hydrogen-bond acceptors (Lipinski definition) is 6. The Morgan fingerprint density at radius 2 is 1.74 bits per heavy atom. The molecule has 0 saturated carbocycles. The van der Waals surface area contributed by atoms with E-state index in [0.717, 1.165) is 6.54 Å². The number of amides is 1. The third-order valence-electron chi connectivity index (χ3n) is 7.01. The van der Waals surface area contributed by atoms with Crippen molar-refractivity contribution in [2.45, 2.75) is 43.9 Å². The number of benzene rings is 3. The largest absolute Gasteiger partial charge is 0.488 e. The van der Waals surface area contributed by atoms with E-state index in [1.807, 2.05) is 32.2 Å². The summed E-state index contributed by atoms with van der Waals surface area (Å²) < 4.78 is 35.0. The first-order valence-corrected chi connectivity index (χ1v) is 14.6. The van der Waals surface area contributed by atoms with Gasteiger partial charge in [0.1, 0.15) is 11.9 Å². The highest BCUT2D eigenvalue weighted by Gasteiger charge is 2.31. The summed E-state index contributed by atoms with van der Waals surface area (Å²) in [4.78, 5) is 17.5. The van der Waals surface area contributed by atoms with E-state index in [1.54, 1.807) is 41.3 Å². The lowest BCUT2D eigenvalue weighted by Gasteiger charge is -2.34. The van der Waals surface area contributed by atoms with Crippen molar-refractivity contribution in [3.8, 4) is 5.75 Å². The van der Waals surface area contributed by atoms with E-state index >= 15 is 0 Å². The van der Waals surface area contributed by atoms with Crippen molar-refractivity contribution >= 4 is 21.6 Å². The minimum absolute atomic E-state index is 0.0246. The van der Waals surface area contributed by atoms with Crippen LogP contribution < -0.4 is 9.46 Å². The third kappa shape index (κ3) is 7.38. The van der Waals surface area contributed by atoms with E-state index in [-0.39, 0.29) is 41.9 Å². The molecule has 2 N–H and O–H groups in total. The van der Waals surface area contributed by atoms with E-state index in [1.165, 1.54) is 17.7 Å². The molecule has 3 aromatic carbocycles. The summed E-state index contributed by atoms with van der Waals surface area (Å²) in [6.07, 6.45) is -0.219. The highest BCUT2D eigenvalue weighted by atomic mass is 32.2. The average molecular weight is 552 g/mol. The number of rotatable bonds is 9. The molecule has 1 heterocycles. The summed E-state index contributed by atoms with van der Waals surface area (Å²) in [7, 11) is -1.76. The number of aliphatic hydroxyl groups is 1. The molecule has 0 aromatic heterocycles. The van der Waals surface area contributed by atoms with Gasteiger partial charge in [0.15, 0.2) is 0 Å². The number of carbonyl (C=O) groups is 1. The minimum Gasteiger partial charge on any atom is -0.488 e. The molecule has 1 aliphatic heterocycles. The van der Waals surface area contributed by atoms with Crippen LogP contribution in [0.25, 0.3) is 0 Å². The van der Waals surface area contributed by atoms with Crippen LogP contribution in [-0.4, -0.2) is 68.1 Å². The number of nitrogens with zero attached hydrogens (tertiary/aromatic N) is 2. The molecule has 1 aliphatic rings. The Balaban J connectivity index is 1.63. The number of carbonyl (C=O) groups excluding carboxylic acids is 1. The summed E-state index contributed by atoms with van der Waals surface area (Å²) in [6.45, 7) is 5.53. The van der Waals surface area contributed by atoms with Gasteiger partial charge in [-0.2, -0.15) is 0 Å². The second-order valence-corrected chi connectivity index (χ2v) is 12.0. The zero-order chi connectivity index (χ0) is 28.0.